The molecule has 0 saturated carbocycles. The van der Waals surface area contributed by atoms with Crippen molar-refractivity contribution in [2.75, 3.05) is 26.2 Å². The summed E-state index contributed by atoms with van der Waals surface area (Å²) in [6, 6.07) is 10.2. The molecule has 1 aromatic rings. The summed E-state index contributed by atoms with van der Waals surface area (Å²) in [6.07, 6.45) is 0.878. The quantitative estimate of drug-likeness (QED) is 0.548. The van der Waals surface area contributed by atoms with Crippen molar-refractivity contribution in [2.24, 2.45) is 11.8 Å². The average Bonchev–Trinajstić information content (AvgIpc) is 2.73. The van der Waals surface area contributed by atoms with Crippen molar-refractivity contribution in [1.29, 1.82) is 0 Å². The van der Waals surface area contributed by atoms with Gasteiger partial charge in [-0.15, -0.1) is 0 Å². The van der Waals surface area contributed by atoms with Gasteiger partial charge in [0.15, 0.2) is 0 Å². The molecule has 0 bridgehead atoms. The van der Waals surface area contributed by atoms with E-state index in [9.17, 15) is 14.4 Å². The van der Waals surface area contributed by atoms with E-state index < -0.39 is 23.8 Å². The predicted octanol–water partition coefficient (Wildman–Crippen LogP) is 1.51. The van der Waals surface area contributed by atoms with Crippen LogP contribution in [0.25, 0.3) is 0 Å². The number of nitrogens with zero attached hydrogens (tertiary/aromatic N) is 2. The summed E-state index contributed by atoms with van der Waals surface area (Å²) in [6.45, 7) is 1.36. The Balaban J connectivity index is 1.64. The Hall–Kier alpha value is -2.61. The first kappa shape index (κ1) is 19.2. The van der Waals surface area contributed by atoms with Gasteiger partial charge < -0.3 is 14.9 Å². The van der Waals surface area contributed by atoms with Crippen LogP contribution >= 0.6 is 0 Å². The Morgan fingerprint density at radius 1 is 0.926 bits per heavy atom. The van der Waals surface area contributed by atoms with E-state index in [-0.39, 0.29) is 25.4 Å². The van der Waals surface area contributed by atoms with E-state index >= 15 is 0 Å². The molecule has 0 radical (unpaired) electrons. The third-order valence-corrected chi connectivity index (χ3v) is 5.73. The molecule has 2 aliphatic heterocycles. The molecule has 2 aliphatic rings. The van der Waals surface area contributed by atoms with Crippen LogP contribution in [0.3, 0.4) is 0 Å². The Labute approximate surface area is 157 Å². The zero-order valence-electron chi connectivity index (χ0n) is 15.1. The average molecular weight is 375 g/mol. The SMILES string of the molecule is O=C(NO)C1CN(C(=O)O)CCC1C(=O)N1CCC(c2ccccc2)CC1. The zero-order valence-corrected chi connectivity index (χ0v) is 15.1. The Morgan fingerprint density at radius 2 is 1.56 bits per heavy atom. The molecule has 2 saturated heterocycles. The molecule has 3 amide bonds. The Bertz CT molecular complexity index is 688. The predicted molar refractivity (Wildman–Crippen MR) is 96.1 cm³/mol. The Morgan fingerprint density at radius 3 is 2.15 bits per heavy atom. The minimum atomic E-state index is -1.12. The number of benzene rings is 1. The van der Waals surface area contributed by atoms with Crippen molar-refractivity contribution >= 4 is 17.9 Å². The summed E-state index contributed by atoms with van der Waals surface area (Å²) >= 11 is 0. The molecule has 2 atom stereocenters. The number of carbonyl (C=O) groups excluding carboxylic acids is 2. The Kier molecular flexibility index (Phi) is 5.95. The highest BCUT2D eigenvalue weighted by atomic mass is 16.5. The first-order valence-electron chi connectivity index (χ1n) is 9.26. The number of carbonyl (C=O) groups is 3. The first-order chi connectivity index (χ1) is 13.0. The largest absolute Gasteiger partial charge is 0.465 e. The minimum Gasteiger partial charge on any atom is -0.465 e. The maximum atomic E-state index is 13.0. The van der Waals surface area contributed by atoms with Crippen LogP contribution in [-0.4, -0.2) is 64.2 Å². The van der Waals surface area contributed by atoms with Crippen molar-refractivity contribution in [1.82, 2.24) is 15.3 Å². The maximum Gasteiger partial charge on any atom is 0.407 e. The fraction of sp³-hybridized carbons (Fsp3) is 0.526. The number of likely N-dealkylation sites (tertiary alicyclic amines) is 2. The van der Waals surface area contributed by atoms with Gasteiger partial charge in [-0.3, -0.25) is 14.8 Å². The molecule has 2 unspecified atom stereocenters. The van der Waals surface area contributed by atoms with Gasteiger partial charge in [-0.25, -0.2) is 10.3 Å². The summed E-state index contributed by atoms with van der Waals surface area (Å²) in [7, 11) is 0. The number of nitrogens with one attached hydrogen (secondary N) is 1. The van der Waals surface area contributed by atoms with E-state index in [0.29, 0.717) is 19.0 Å². The monoisotopic (exact) mass is 375 g/mol. The maximum absolute atomic E-state index is 13.0. The lowest BCUT2D eigenvalue weighted by Crippen LogP contribution is -2.54. The van der Waals surface area contributed by atoms with E-state index in [1.54, 1.807) is 10.4 Å². The van der Waals surface area contributed by atoms with Gasteiger partial charge in [0.1, 0.15) is 0 Å². The summed E-state index contributed by atoms with van der Waals surface area (Å²) in [5.74, 6) is -1.90. The smallest absolute Gasteiger partial charge is 0.407 e. The summed E-state index contributed by atoms with van der Waals surface area (Å²) in [5, 5.41) is 18.2. The lowest BCUT2D eigenvalue weighted by molar-refractivity contribution is -0.148. The second-order valence-corrected chi connectivity index (χ2v) is 7.22. The molecular formula is C19H25N3O5. The molecule has 3 N–H and O–H groups in total. The van der Waals surface area contributed by atoms with Gasteiger partial charge in [0, 0.05) is 26.2 Å². The van der Waals surface area contributed by atoms with Gasteiger partial charge in [0.2, 0.25) is 11.8 Å². The highest BCUT2D eigenvalue weighted by Gasteiger charge is 2.42. The lowest BCUT2D eigenvalue weighted by Gasteiger charge is -2.39. The molecule has 2 fully saturated rings. The van der Waals surface area contributed by atoms with Crippen LogP contribution in [0, 0.1) is 11.8 Å². The van der Waals surface area contributed by atoms with Crippen LogP contribution in [0.1, 0.15) is 30.7 Å². The number of piperidine rings is 2. The van der Waals surface area contributed by atoms with Crippen molar-refractivity contribution in [3.8, 4) is 0 Å². The lowest BCUT2D eigenvalue weighted by atomic mass is 9.82. The van der Waals surface area contributed by atoms with Crippen molar-refractivity contribution < 1.29 is 24.7 Å². The first-order valence-corrected chi connectivity index (χ1v) is 9.26. The van der Waals surface area contributed by atoms with Gasteiger partial charge >= 0.3 is 6.09 Å². The minimum absolute atomic E-state index is 0.0847. The van der Waals surface area contributed by atoms with E-state index in [4.69, 9.17) is 10.3 Å². The highest BCUT2D eigenvalue weighted by Crippen LogP contribution is 2.31. The van der Waals surface area contributed by atoms with Crippen molar-refractivity contribution in [3.05, 3.63) is 35.9 Å². The molecule has 0 aromatic heterocycles. The number of rotatable bonds is 3. The van der Waals surface area contributed by atoms with Crippen LogP contribution in [0.15, 0.2) is 30.3 Å². The van der Waals surface area contributed by atoms with Crippen LogP contribution < -0.4 is 5.48 Å². The molecule has 8 nitrogen and oxygen atoms in total. The van der Waals surface area contributed by atoms with E-state index in [1.165, 1.54) is 5.56 Å². The van der Waals surface area contributed by atoms with Crippen LogP contribution in [-0.2, 0) is 9.59 Å². The summed E-state index contributed by atoms with van der Waals surface area (Å²) in [5.41, 5.74) is 2.86. The number of hydrogen-bond acceptors (Lipinski definition) is 4. The van der Waals surface area contributed by atoms with Gasteiger partial charge in [0.25, 0.3) is 0 Å². The topological polar surface area (TPSA) is 110 Å². The number of carboxylic acid groups (broad SMARTS) is 1. The van der Waals surface area contributed by atoms with Gasteiger partial charge in [-0.05, 0) is 30.7 Å². The van der Waals surface area contributed by atoms with E-state index in [2.05, 4.69) is 12.1 Å². The number of hydroxylamine groups is 1. The van der Waals surface area contributed by atoms with Crippen LogP contribution in [0.5, 0.6) is 0 Å². The normalized spacial score (nSPS) is 23.7. The molecule has 1 aromatic carbocycles. The highest BCUT2D eigenvalue weighted by molar-refractivity contribution is 5.88. The van der Waals surface area contributed by atoms with Crippen LogP contribution in [0.4, 0.5) is 4.79 Å². The molecule has 146 valence electrons. The molecule has 27 heavy (non-hydrogen) atoms. The second kappa shape index (κ2) is 8.39. The van der Waals surface area contributed by atoms with Crippen molar-refractivity contribution in [3.63, 3.8) is 0 Å². The third kappa shape index (κ3) is 4.21. The molecule has 0 spiro atoms. The summed E-state index contributed by atoms with van der Waals surface area (Å²) in [4.78, 5) is 39.1. The van der Waals surface area contributed by atoms with Gasteiger partial charge in [-0.1, -0.05) is 30.3 Å². The third-order valence-electron chi connectivity index (χ3n) is 5.73. The standard InChI is InChI=1S/C19H25N3O5/c23-17(20-27)16-12-22(19(25)26)11-8-15(16)18(24)21-9-6-14(7-10-21)13-4-2-1-3-5-13/h1-5,14-16,27H,6-12H2,(H,20,23)(H,25,26). The molecule has 2 heterocycles. The van der Waals surface area contributed by atoms with E-state index in [1.807, 2.05) is 18.2 Å². The van der Waals surface area contributed by atoms with Crippen LogP contribution in [0.2, 0.25) is 0 Å². The summed E-state index contributed by atoms with van der Waals surface area (Å²) < 4.78 is 0. The van der Waals surface area contributed by atoms with Crippen molar-refractivity contribution in [2.45, 2.75) is 25.2 Å². The number of amides is 3. The molecular weight excluding hydrogens is 350 g/mol. The number of hydrogen-bond donors (Lipinski definition) is 3. The molecule has 8 heteroatoms. The second-order valence-electron chi connectivity index (χ2n) is 7.22. The van der Waals surface area contributed by atoms with E-state index in [0.717, 1.165) is 17.7 Å². The zero-order chi connectivity index (χ0) is 19.4. The van der Waals surface area contributed by atoms with Gasteiger partial charge in [-0.2, -0.15) is 0 Å². The molecule has 3 rings (SSSR count). The molecule has 0 aliphatic carbocycles. The fourth-order valence-corrected chi connectivity index (χ4v) is 4.16. The fourth-order valence-electron chi connectivity index (χ4n) is 4.16. The van der Waals surface area contributed by atoms with Gasteiger partial charge in [0.05, 0.1) is 11.8 Å².